The first-order valence-electron chi connectivity index (χ1n) is 9.56. The lowest BCUT2D eigenvalue weighted by Gasteiger charge is -2.31. The molecule has 1 aromatic heterocycles. The number of likely N-dealkylation sites (tertiary alicyclic amines) is 1. The molecule has 0 spiro atoms. The van der Waals surface area contributed by atoms with Gasteiger partial charge in [0.2, 0.25) is 0 Å². The third kappa shape index (κ3) is 4.79. The molecule has 1 fully saturated rings. The fourth-order valence-electron chi connectivity index (χ4n) is 3.51. The van der Waals surface area contributed by atoms with E-state index >= 15 is 0 Å². The van der Waals surface area contributed by atoms with Gasteiger partial charge in [0.05, 0.1) is 10.2 Å². The highest BCUT2D eigenvalue weighted by Gasteiger charge is 2.19. The Morgan fingerprint density at radius 3 is 2.64 bits per heavy atom. The minimum atomic E-state index is -0.424. The molecular weight excluding hydrogens is 372 g/mol. The Labute approximate surface area is 168 Å². The second-order valence-corrected chi connectivity index (χ2v) is 8.06. The number of piperidine rings is 1. The SMILES string of the molecule is NC(=O)NC1CCN(CCc2ccc(Oc3nc4ccccc4s3)cc2)CC1. The number of ether oxygens (including phenoxy) is 1. The molecule has 1 aliphatic heterocycles. The second-order valence-electron chi connectivity index (χ2n) is 7.07. The standard InChI is InChI=1S/C21H24N4O2S/c22-20(26)23-16-10-13-25(14-11-16)12-9-15-5-7-17(8-6-15)27-21-24-18-3-1-2-4-19(18)28-21/h1-8,16H,9-14H2,(H3,22,23,26). The molecule has 7 heteroatoms. The summed E-state index contributed by atoms with van der Waals surface area (Å²) in [5, 5.41) is 3.47. The average Bonchev–Trinajstić information content (AvgIpc) is 3.10. The third-order valence-corrected chi connectivity index (χ3v) is 5.97. The van der Waals surface area contributed by atoms with E-state index in [0.717, 1.165) is 54.9 Å². The summed E-state index contributed by atoms with van der Waals surface area (Å²) in [7, 11) is 0. The van der Waals surface area contributed by atoms with Gasteiger partial charge in [-0.3, -0.25) is 0 Å². The van der Waals surface area contributed by atoms with Crippen molar-refractivity contribution in [3.63, 3.8) is 0 Å². The molecule has 0 atom stereocenters. The molecule has 1 saturated heterocycles. The van der Waals surface area contributed by atoms with Crippen LogP contribution in [0.5, 0.6) is 10.9 Å². The Hall–Kier alpha value is -2.64. The van der Waals surface area contributed by atoms with Crippen LogP contribution >= 0.6 is 11.3 Å². The Morgan fingerprint density at radius 1 is 1.18 bits per heavy atom. The number of primary amides is 1. The van der Waals surface area contributed by atoms with Crippen molar-refractivity contribution in [3.05, 3.63) is 54.1 Å². The number of hydrogen-bond acceptors (Lipinski definition) is 5. The van der Waals surface area contributed by atoms with Gasteiger partial charge in [-0.05, 0) is 49.1 Å². The first-order valence-corrected chi connectivity index (χ1v) is 10.4. The number of thiazole rings is 1. The third-order valence-electron chi connectivity index (χ3n) is 5.05. The number of carbonyl (C=O) groups excluding carboxylic acids is 1. The van der Waals surface area contributed by atoms with Crippen molar-refractivity contribution in [2.24, 2.45) is 5.73 Å². The number of nitrogens with two attached hydrogens (primary N) is 1. The van der Waals surface area contributed by atoms with Gasteiger partial charge in [-0.15, -0.1) is 0 Å². The van der Waals surface area contributed by atoms with Crippen LogP contribution in [0.25, 0.3) is 10.2 Å². The number of rotatable bonds is 6. The Morgan fingerprint density at radius 2 is 1.93 bits per heavy atom. The summed E-state index contributed by atoms with van der Waals surface area (Å²) >= 11 is 1.56. The van der Waals surface area contributed by atoms with Gasteiger partial charge in [0.1, 0.15) is 5.75 Å². The molecule has 2 amide bonds. The van der Waals surface area contributed by atoms with E-state index in [2.05, 4.69) is 33.4 Å². The molecule has 146 valence electrons. The molecule has 0 unspecified atom stereocenters. The number of benzene rings is 2. The van der Waals surface area contributed by atoms with Gasteiger partial charge in [-0.25, -0.2) is 9.78 Å². The maximum Gasteiger partial charge on any atom is 0.312 e. The fourth-order valence-corrected chi connectivity index (χ4v) is 4.34. The Bertz CT molecular complexity index is 900. The quantitative estimate of drug-likeness (QED) is 0.665. The van der Waals surface area contributed by atoms with Crippen LogP contribution in [0.3, 0.4) is 0 Å². The number of aromatic nitrogens is 1. The lowest BCUT2D eigenvalue weighted by atomic mass is 10.0. The number of urea groups is 1. The van der Waals surface area contributed by atoms with Crippen LogP contribution in [-0.2, 0) is 6.42 Å². The first kappa shape index (κ1) is 18.7. The fraction of sp³-hybridized carbons (Fsp3) is 0.333. The monoisotopic (exact) mass is 396 g/mol. The van der Waals surface area contributed by atoms with Crippen LogP contribution in [0.15, 0.2) is 48.5 Å². The van der Waals surface area contributed by atoms with E-state index in [1.807, 2.05) is 30.3 Å². The minimum Gasteiger partial charge on any atom is -0.431 e. The largest absolute Gasteiger partial charge is 0.431 e. The highest BCUT2D eigenvalue weighted by atomic mass is 32.1. The Balaban J connectivity index is 1.26. The van der Waals surface area contributed by atoms with E-state index in [0.29, 0.717) is 5.19 Å². The lowest BCUT2D eigenvalue weighted by Crippen LogP contribution is -2.46. The molecule has 6 nitrogen and oxygen atoms in total. The molecule has 4 rings (SSSR count). The lowest BCUT2D eigenvalue weighted by molar-refractivity contribution is 0.196. The summed E-state index contributed by atoms with van der Waals surface area (Å²) in [6.07, 6.45) is 2.91. The van der Waals surface area contributed by atoms with E-state index < -0.39 is 6.03 Å². The van der Waals surface area contributed by atoms with Gasteiger partial charge in [-0.1, -0.05) is 35.6 Å². The highest BCUT2D eigenvalue weighted by molar-refractivity contribution is 7.20. The van der Waals surface area contributed by atoms with Crippen molar-refractivity contribution in [2.75, 3.05) is 19.6 Å². The van der Waals surface area contributed by atoms with Crippen molar-refractivity contribution in [1.29, 1.82) is 0 Å². The van der Waals surface area contributed by atoms with Crippen molar-refractivity contribution < 1.29 is 9.53 Å². The summed E-state index contributed by atoms with van der Waals surface area (Å²) in [6.45, 7) is 2.99. The van der Waals surface area contributed by atoms with Gasteiger partial charge in [-0.2, -0.15) is 0 Å². The molecule has 2 aromatic carbocycles. The molecule has 1 aliphatic rings. The van der Waals surface area contributed by atoms with E-state index in [1.165, 1.54) is 5.56 Å². The van der Waals surface area contributed by atoms with Crippen LogP contribution in [0, 0.1) is 0 Å². The predicted octanol–water partition coefficient (Wildman–Crippen LogP) is 3.76. The number of amides is 2. The molecule has 0 aliphatic carbocycles. The summed E-state index contributed by atoms with van der Waals surface area (Å²) in [5.41, 5.74) is 7.45. The maximum atomic E-state index is 10.9. The topological polar surface area (TPSA) is 80.5 Å². The van der Waals surface area contributed by atoms with Crippen LogP contribution in [0.1, 0.15) is 18.4 Å². The van der Waals surface area contributed by atoms with Crippen LogP contribution in [-0.4, -0.2) is 41.6 Å². The molecular formula is C21H24N4O2S. The molecule has 0 saturated carbocycles. The normalized spacial score (nSPS) is 15.6. The van der Waals surface area contributed by atoms with Crippen molar-refractivity contribution in [1.82, 2.24) is 15.2 Å². The molecule has 3 aromatic rings. The number of carbonyl (C=O) groups is 1. The van der Waals surface area contributed by atoms with Gasteiger partial charge in [0.25, 0.3) is 5.19 Å². The van der Waals surface area contributed by atoms with Crippen molar-refractivity contribution >= 4 is 27.6 Å². The molecule has 0 radical (unpaired) electrons. The summed E-state index contributed by atoms with van der Waals surface area (Å²) in [5.74, 6) is 0.807. The zero-order valence-electron chi connectivity index (χ0n) is 15.6. The number of nitrogens with zero attached hydrogens (tertiary/aromatic N) is 2. The summed E-state index contributed by atoms with van der Waals surface area (Å²) < 4.78 is 7.04. The molecule has 28 heavy (non-hydrogen) atoms. The Kier molecular flexibility index (Phi) is 5.73. The van der Waals surface area contributed by atoms with E-state index in [4.69, 9.17) is 10.5 Å². The van der Waals surface area contributed by atoms with Gasteiger partial charge in [0, 0.05) is 25.7 Å². The molecule has 3 N–H and O–H groups in total. The van der Waals surface area contributed by atoms with Crippen LogP contribution < -0.4 is 15.8 Å². The average molecular weight is 397 g/mol. The minimum absolute atomic E-state index is 0.215. The number of fused-ring (bicyclic) bond motifs is 1. The number of para-hydroxylation sites is 1. The number of nitrogens with one attached hydrogen (secondary N) is 1. The molecule has 2 heterocycles. The van der Waals surface area contributed by atoms with Crippen molar-refractivity contribution in [3.8, 4) is 10.9 Å². The second kappa shape index (κ2) is 8.58. The maximum absolute atomic E-state index is 10.9. The van der Waals surface area contributed by atoms with Gasteiger partial charge in [0.15, 0.2) is 0 Å². The smallest absolute Gasteiger partial charge is 0.312 e. The zero-order valence-corrected chi connectivity index (χ0v) is 16.5. The number of hydrogen-bond donors (Lipinski definition) is 2. The predicted molar refractivity (Wildman–Crippen MR) is 112 cm³/mol. The van der Waals surface area contributed by atoms with Crippen molar-refractivity contribution in [2.45, 2.75) is 25.3 Å². The van der Waals surface area contributed by atoms with Gasteiger partial charge < -0.3 is 20.7 Å². The van der Waals surface area contributed by atoms with Crippen LogP contribution in [0.4, 0.5) is 4.79 Å². The van der Waals surface area contributed by atoms with E-state index in [-0.39, 0.29) is 6.04 Å². The summed E-state index contributed by atoms with van der Waals surface area (Å²) in [4.78, 5) is 17.9. The highest BCUT2D eigenvalue weighted by Crippen LogP contribution is 2.31. The van der Waals surface area contributed by atoms with Crippen LogP contribution in [0.2, 0.25) is 0 Å². The van der Waals surface area contributed by atoms with Gasteiger partial charge >= 0.3 is 6.03 Å². The summed E-state index contributed by atoms with van der Waals surface area (Å²) in [6, 6.07) is 16.1. The first-order chi connectivity index (χ1) is 13.7. The molecule has 0 bridgehead atoms. The van der Waals surface area contributed by atoms with E-state index in [1.54, 1.807) is 11.3 Å². The zero-order chi connectivity index (χ0) is 19.3. The van der Waals surface area contributed by atoms with E-state index in [9.17, 15) is 4.79 Å².